The van der Waals surface area contributed by atoms with Crippen LogP contribution in [0, 0.1) is 3.57 Å². The Balaban J connectivity index is 2.67. The van der Waals surface area contributed by atoms with Crippen molar-refractivity contribution in [2.45, 2.75) is 6.42 Å². The average Bonchev–Trinajstić information content (AvgIpc) is 2.34. The summed E-state index contributed by atoms with van der Waals surface area (Å²) in [7, 11) is 7.20. The Morgan fingerprint density at radius 2 is 2.00 bits per heavy atom. The number of nitrogens with zero attached hydrogens (tertiary/aromatic N) is 2. The number of anilines is 1. The van der Waals surface area contributed by atoms with Crippen molar-refractivity contribution in [3.8, 4) is 5.75 Å². The van der Waals surface area contributed by atoms with Crippen LogP contribution in [0.2, 0.25) is 0 Å². The van der Waals surface area contributed by atoms with Gasteiger partial charge in [0.05, 0.1) is 12.8 Å². The first-order chi connectivity index (χ1) is 8.45. The summed E-state index contributed by atoms with van der Waals surface area (Å²) in [6, 6.07) is 5.93. The zero-order chi connectivity index (χ0) is 13.7. The molecule has 1 rings (SSSR count). The fourth-order valence-electron chi connectivity index (χ4n) is 1.53. The molecule has 1 aromatic rings. The highest BCUT2D eigenvalue weighted by atomic mass is 127. The number of ether oxygens (including phenoxy) is 1. The van der Waals surface area contributed by atoms with Gasteiger partial charge in [0.25, 0.3) is 0 Å². The molecule has 4 nitrogen and oxygen atoms in total. The van der Waals surface area contributed by atoms with Crippen molar-refractivity contribution in [3.63, 3.8) is 0 Å². The van der Waals surface area contributed by atoms with Crippen molar-refractivity contribution in [3.05, 3.63) is 21.8 Å². The summed E-state index contributed by atoms with van der Waals surface area (Å²) in [6.45, 7) is 0.708. The van der Waals surface area contributed by atoms with Gasteiger partial charge in [0, 0.05) is 37.7 Å². The summed E-state index contributed by atoms with van der Waals surface area (Å²) in [5, 5.41) is 0. The Hall–Kier alpha value is -0.980. The van der Waals surface area contributed by atoms with E-state index in [4.69, 9.17) is 4.74 Å². The summed E-state index contributed by atoms with van der Waals surface area (Å²) >= 11 is 2.28. The van der Waals surface area contributed by atoms with Crippen LogP contribution in [0.3, 0.4) is 0 Å². The van der Waals surface area contributed by atoms with Crippen molar-refractivity contribution in [1.29, 1.82) is 0 Å². The zero-order valence-electron chi connectivity index (χ0n) is 11.2. The van der Waals surface area contributed by atoms with E-state index in [2.05, 4.69) is 27.5 Å². The molecule has 0 atom stereocenters. The molecular formula is C13H19IN2O2. The summed E-state index contributed by atoms with van der Waals surface area (Å²) < 4.78 is 6.29. The molecule has 0 heterocycles. The van der Waals surface area contributed by atoms with E-state index in [1.54, 1.807) is 26.1 Å². The predicted molar refractivity (Wildman–Crippen MR) is 82.3 cm³/mol. The summed E-state index contributed by atoms with van der Waals surface area (Å²) in [4.78, 5) is 15.2. The van der Waals surface area contributed by atoms with Crippen LogP contribution in [0.5, 0.6) is 5.75 Å². The number of carbonyl (C=O) groups is 1. The lowest BCUT2D eigenvalue weighted by Gasteiger charge is -2.21. The van der Waals surface area contributed by atoms with Gasteiger partial charge in [-0.25, -0.2) is 0 Å². The van der Waals surface area contributed by atoms with Gasteiger partial charge >= 0.3 is 0 Å². The molecule has 0 saturated heterocycles. The molecule has 0 unspecified atom stereocenters. The Labute approximate surface area is 122 Å². The molecule has 1 aromatic carbocycles. The van der Waals surface area contributed by atoms with Crippen LogP contribution in [0.4, 0.5) is 5.69 Å². The third-order valence-corrected chi connectivity index (χ3v) is 3.59. The summed E-state index contributed by atoms with van der Waals surface area (Å²) in [6.07, 6.45) is 0.519. The van der Waals surface area contributed by atoms with Crippen LogP contribution in [0.1, 0.15) is 6.42 Å². The number of rotatable bonds is 5. The molecule has 0 aliphatic heterocycles. The van der Waals surface area contributed by atoms with Gasteiger partial charge in [0.2, 0.25) is 5.91 Å². The lowest BCUT2D eigenvalue weighted by molar-refractivity contribution is -0.128. The van der Waals surface area contributed by atoms with Gasteiger partial charge in [-0.15, -0.1) is 0 Å². The summed E-state index contributed by atoms with van der Waals surface area (Å²) in [5.74, 6) is 0.992. The number of methoxy groups -OCH3 is 1. The molecule has 0 aliphatic carbocycles. The van der Waals surface area contributed by atoms with E-state index >= 15 is 0 Å². The highest BCUT2D eigenvalue weighted by Crippen LogP contribution is 2.26. The Morgan fingerprint density at radius 1 is 1.33 bits per heavy atom. The Morgan fingerprint density at radius 3 is 2.50 bits per heavy atom. The van der Waals surface area contributed by atoms with Gasteiger partial charge in [-0.05, 0) is 40.8 Å². The van der Waals surface area contributed by atoms with Crippen molar-refractivity contribution in [2.75, 3.05) is 39.7 Å². The van der Waals surface area contributed by atoms with Crippen LogP contribution in [0.25, 0.3) is 0 Å². The molecule has 0 N–H and O–H groups in total. The highest BCUT2D eigenvalue weighted by Gasteiger charge is 2.10. The highest BCUT2D eigenvalue weighted by molar-refractivity contribution is 14.1. The minimum Gasteiger partial charge on any atom is -0.497 e. The van der Waals surface area contributed by atoms with Gasteiger partial charge in [0.15, 0.2) is 0 Å². The molecule has 0 radical (unpaired) electrons. The summed E-state index contributed by atoms with van der Waals surface area (Å²) in [5.41, 5.74) is 1.11. The van der Waals surface area contributed by atoms with Gasteiger partial charge in [0.1, 0.15) is 5.75 Å². The predicted octanol–water partition coefficient (Wildman–Crippen LogP) is 2.21. The molecule has 0 spiro atoms. The Bertz CT molecular complexity index is 421. The third kappa shape index (κ3) is 4.04. The molecule has 0 aromatic heterocycles. The van der Waals surface area contributed by atoms with Crippen molar-refractivity contribution < 1.29 is 9.53 Å². The molecule has 0 aliphatic rings. The van der Waals surface area contributed by atoms with Gasteiger partial charge in [-0.3, -0.25) is 4.79 Å². The average molecular weight is 362 g/mol. The standard InChI is InChI=1S/C13H19IN2O2/c1-15(2)13(17)7-8-16(3)12-6-5-10(18-4)9-11(12)14/h5-6,9H,7-8H2,1-4H3. The molecule has 1 amide bonds. The normalized spacial score (nSPS) is 10.1. The maximum absolute atomic E-state index is 11.5. The maximum atomic E-state index is 11.5. The maximum Gasteiger partial charge on any atom is 0.223 e. The van der Waals surface area contributed by atoms with E-state index in [9.17, 15) is 4.79 Å². The van der Waals surface area contributed by atoms with Crippen LogP contribution in [0.15, 0.2) is 18.2 Å². The van der Waals surface area contributed by atoms with Crippen LogP contribution < -0.4 is 9.64 Å². The number of hydrogen-bond acceptors (Lipinski definition) is 3. The third-order valence-electron chi connectivity index (χ3n) is 2.73. The van der Waals surface area contributed by atoms with E-state index in [1.165, 1.54) is 0 Å². The van der Waals surface area contributed by atoms with Gasteiger partial charge in [-0.2, -0.15) is 0 Å². The van der Waals surface area contributed by atoms with Gasteiger partial charge < -0.3 is 14.5 Å². The minimum absolute atomic E-state index is 0.144. The smallest absolute Gasteiger partial charge is 0.223 e. The lowest BCUT2D eigenvalue weighted by Crippen LogP contribution is -2.28. The van der Waals surface area contributed by atoms with Crippen LogP contribution in [-0.2, 0) is 4.79 Å². The lowest BCUT2D eigenvalue weighted by atomic mass is 10.2. The van der Waals surface area contributed by atoms with E-state index in [0.717, 1.165) is 15.0 Å². The molecular weight excluding hydrogens is 343 g/mol. The first kappa shape index (κ1) is 15.1. The van der Waals surface area contributed by atoms with Crippen molar-refractivity contribution in [2.24, 2.45) is 0 Å². The topological polar surface area (TPSA) is 32.8 Å². The van der Waals surface area contributed by atoms with E-state index in [0.29, 0.717) is 13.0 Å². The molecule has 18 heavy (non-hydrogen) atoms. The number of benzene rings is 1. The Kier molecular flexibility index (Phi) is 5.71. The second-order valence-corrected chi connectivity index (χ2v) is 5.44. The largest absolute Gasteiger partial charge is 0.497 e. The van der Waals surface area contributed by atoms with Gasteiger partial charge in [-0.1, -0.05) is 0 Å². The number of halogens is 1. The minimum atomic E-state index is 0.144. The van der Waals surface area contributed by atoms with Crippen molar-refractivity contribution in [1.82, 2.24) is 4.90 Å². The molecule has 100 valence electrons. The fourth-order valence-corrected chi connectivity index (χ4v) is 2.43. The van der Waals surface area contributed by atoms with Crippen molar-refractivity contribution >= 4 is 34.2 Å². The van der Waals surface area contributed by atoms with E-state index < -0.39 is 0 Å². The van der Waals surface area contributed by atoms with E-state index in [-0.39, 0.29) is 5.91 Å². The zero-order valence-corrected chi connectivity index (χ0v) is 13.4. The molecule has 5 heteroatoms. The monoisotopic (exact) mass is 362 g/mol. The molecule has 0 bridgehead atoms. The second-order valence-electron chi connectivity index (χ2n) is 4.28. The van der Waals surface area contributed by atoms with Crippen LogP contribution in [-0.4, -0.2) is 45.6 Å². The molecule has 0 saturated carbocycles. The first-order valence-electron chi connectivity index (χ1n) is 5.70. The van der Waals surface area contributed by atoms with E-state index in [1.807, 2.05) is 25.2 Å². The fraction of sp³-hybridized carbons (Fsp3) is 0.462. The number of amides is 1. The quantitative estimate of drug-likeness (QED) is 0.753. The SMILES string of the molecule is COc1ccc(N(C)CCC(=O)N(C)C)c(I)c1. The van der Waals surface area contributed by atoms with Crippen LogP contribution >= 0.6 is 22.6 Å². The number of hydrogen-bond donors (Lipinski definition) is 0. The molecule has 0 fully saturated rings. The second kappa shape index (κ2) is 6.82. The first-order valence-corrected chi connectivity index (χ1v) is 6.78. The number of carbonyl (C=O) groups excluding carboxylic acids is 1.